The zero-order valence-electron chi connectivity index (χ0n) is 4.07. The van der Waals surface area contributed by atoms with E-state index in [1.165, 1.54) is 13.8 Å². The first-order chi connectivity index (χ1) is 2.77. The smallest absolute Gasteiger partial charge is 0.00932 e. The summed E-state index contributed by atoms with van der Waals surface area (Å²) in [5, 5.41) is 0. The molecule has 0 aromatic rings. The van der Waals surface area contributed by atoms with Gasteiger partial charge in [-0.25, -0.2) is 0 Å². The first-order valence-corrected chi connectivity index (χ1v) is 3.10. The van der Waals surface area contributed by atoms with Crippen molar-refractivity contribution in [1.29, 1.82) is 0 Å². The first-order valence-electron chi connectivity index (χ1n) is 1.84. The van der Waals surface area contributed by atoms with Crippen molar-refractivity contribution in [3.63, 3.8) is 0 Å². The molecule has 0 rings (SSSR count). The molecule has 0 saturated heterocycles. The average Bonchev–Trinajstić information content (AvgIpc) is 1.35. The summed E-state index contributed by atoms with van der Waals surface area (Å²) in [6.07, 6.45) is 4.68. The monoisotopic (exact) mass is 100 g/mol. The standard InChI is InChI=1S/C5H9P/c1-5(2)4-6-3/h1,3-4H2,2H3. The molecule has 6 heavy (non-hydrogen) atoms. The number of allylic oxidation sites excluding steroid dienone is 1. The maximum atomic E-state index is 3.70. The predicted octanol–water partition coefficient (Wildman–Crippen LogP) is 1.94. The molecule has 0 bridgehead atoms. The molecule has 0 aliphatic rings. The van der Waals surface area contributed by atoms with Gasteiger partial charge in [-0.05, 0) is 6.92 Å². The van der Waals surface area contributed by atoms with E-state index >= 15 is 0 Å². The molecule has 0 radical (unpaired) electrons. The Labute approximate surface area is 40.7 Å². The zero-order chi connectivity index (χ0) is 4.99. The summed E-state index contributed by atoms with van der Waals surface area (Å²) in [6.45, 7) is 5.71. The highest BCUT2D eigenvalue weighted by Gasteiger charge is 1.72. The van der Waals surface area contributed by atoms with Crippen LogP contribution < -0.4 is 0 Å². The van der Waals surface area contributed by atoms with Gasteiger partial charge in [-0.1, -0.05) is 18.5 Å². The van der Waals surface area contributed by atoms with Crippen LogP contribution in [0.2, 0.25) is 0 Å². The highest BCUT2D eigenvalue weighted by atomic mass is 31.1. The van der Waals surface area contributed by atoms with Gasteiger partial charge in [0.25, 0.3) is 0 Å². The second-order valence-corrected chi connectivity index (χ2v) is 2.10. The lowest BCUT2D eigenvalue weighted by Gasteiger charge is -1.82. The van der Waals surface area contributed by atoms with Crippen LogP contribution in [0.25, 0.3) is 0 Å². The lowest BCUT2D eigenvalue weighted by molar-refractivity contribution is 1.44. The van der Waals surface area contributed by atoms with Crippen LogP contribution in [0.1, 0.15) is 6.92 Å². The Hall–Kier alpha value is -0.0900. The van der Waals surface area contributed by atoms with Crippen molar-refractivity contribution in [3.05, 3.63) is 12.2 Å². The van der Waals surface area contributed by atoms with Gasteiger partial charge in [0.1, 0.15) is 0 Å². The Balaban J connectivity index is 3.05. The highest BCUT2D eigenvalue weighted by molar-refractivity contribution is 7.36. The van der Waals surface area contributed by atoms with Gasteiger partial charge in [-0.15, -0.1) is 8.20 Å². The van der Waals surface area contributed by atoms with Crippen LogP contribution >= 0.6 is 8.20 Å². The van der Waals surface area contributed by atoms with Crippen molar-refractivity contribution in [2.75, 3.05) is 6.16 Å². The van der Waals surface area contributed by atoms with Gasteiger partial charge in [0.05, 0.1) is 0 Å². The third kappa shape index (κ3) is 3.91. The Morgan fingerprint density at radius 3 is 2.33 bits per heavy atom. The second-order valence-electron chi connectivity index (χ2n) is 1.34. The third-order valence-corrected chi connectivity index (χ3v) is 1.15. The Bertz CT molecular complexity index is 64.3. The maximum absolute atomic E-state index is 3.70. The number of hydrogen-bond acceptors (Lipinski definition) is 0. The fraction of sp³-hybridized carbons (Fsp3) is 0.400. The van der Waals surface area contributed by atoms with Crippen molar-refractivity contribution < 1.29 is 0 Å². The molecule has 0 heterocycles. The SMILES string of the molecule is C=PCC(=C)C. The van der Waals surface area contributed by atoms with E-state index in [-0.39, 0.29) is 0 Å². The first kappa shape index (κ1) is 5.91. The zero-order valence-corrected chi connectivity index (χ0v) is 4.96. The number of rotatable bonds is 2. The molecular weight excluding hydrogens is 91.0 g/mol. The normalized spacial score (nSPS) is 8.83. The van der Waals surface area contributed by atoms with Gasteiger partial charge >= 0.3 is 0 Å². The molecule has 0 aromatic carbocycles. The summed E-state index contributed by atoms with van der Waals surface area (Å²) in [6, 6.07) is 0. The van der Waals surface area contributed by atoms with Crippen LogP contribution in [-0.2, 0) is 0 Å². The van der Waals surface area contributed by atoms with E-state index in [1.54, 1.807) is 0 Å². The molecule has 0 amide bonds. The van der Waals surface area contributed by atoms with Crippen LogP contribution in [0, 0.1) is 0 Å². The maximum Gasteiger partial charge on any atom is 0.00932 e. The lowest BCUT2D eigenvalue weighted by Crippen LogP contribution is -1.67. The Morgan fingerprint density at radius 2 is 2.33 bits per heavy atom. The van der Waals surface area contributed by atoms with Crippen molar-refractivity contribution in [3.8, 4) is 0 Å². The second kappa shape index (κ2) is 3.11. The minimum atomic E-state index is 1.04. The topological polar surface area (TPSA) is 0 Å². The average molecular weight is 100 g/mol. The van der Waals surface area contributed by atoms with E-state index in [9.17, 15) is 0 Å². The summed E-state index contributed by atoms with van der Waals surface area (Å²) in [7, 11) is 1.17. The number of hydrogen-bond donors (Lipinski definition) is 0. The quantitative estimate of drug-likeness (QED) is 0.367. The molecule has 0 spiro atoms. The van der Waals surface area contributed by atoms with E-state index < -0.39 is 0 Å². The van der Waals surface area contributed by atoms with Crippen molar-refractivity contribution in [1.82, 2.24) is 0 Å². The molecule has 0 unspecified atom stereocenters. The molecule has 0 atom stereocenters. The van der Waals surface area contributed by atoms with Crippen LogP contribution in [0.5, 0.6) is 0 Å². The predicted molar refractivity (Wildman–Crippen MR) is 33.7 cm³/mol. The summed E-state index contributed by atoms with van der Waals surface area (Å²) in [4.78, 5) is 0. The van der Waals surface area contributed by atoms with E-state index in [0.29, 0.717) is 0 Å². The molecule has 0 saturated carbocycles. The van der Waals surface area contributed by atoms with Crippen LogP contribution in [-0.4, -0.2) is 12.5 Å². The van der Waals surface area contributed by atoms with E-state index in [2.05, 4.69) is 12.9 Å². The van der Waals surface area contributed by atoms with E-state index in [4.69, 9.17) is 0 Å². The molecule has 34 valence electrons. The minimum Gasteiger partial charge on any atom is -0.108 e. The third-order valence-electron chi connectivity index (χ3n) is 0.382. The van der Waals surface area contributed by atoms with Gasteiger partial charge in [-0.2, -0.15) is 0 Å². The highest BCUT2D eigenvalue weighted by Crippen LogP contribution is 1.96. The fourth-order valence-corrected chi connectivity index (χ4v) is 0.573. The molecule has 0 fully saturated rings. The molecule has 0 N–H and O–H groups in total. The summed E-state index contributed by atoms with van der Waals surface area (Å²) in [5.74, 6) is 0. The van der Waals surface area contributed by atoms with Gasteiger partial charge in [0.2, 0.25) is 0 Å². The van der Waals surface area contributed by atoms with Crippen LogP contribution in [0.15, 0.2) is 12.2 Å². The Kier molecular flexibility index (Phi) is 3.07. The van der Waals surface area contributed by atoms with Gasteiger partial charge < -0.3 is 0 Å². The molecular formula is C5H9P. The molecule has 0 aliphatic heterocycles. The molecule has 0 aromatic heterocycles. The summed E-state index contributed by atoms with van der Waals surface area (Å²) < 4.78 is 0. The van der Waals surface area contributed by atoms with Gasteiger partial charge in [0.15, 0.2) is 0 Å². The van der Waals surface area contributed by atoms with Crippen molar-refractivity contribution in [2.45, 2.75) is 6.92 Å². The van der Waals surface area contributed by atoms with Crippen LogP contribution in [0.3, 0.4) is 0 Å². The van der Waals surface area contributed by atoms with Gasteiger partial charge in [0, 0.05) is 6.16 Å². The summed E-state index contributed by atoms with van der Waals surface area (Å²) in [5.41, 5.74) is 1.21. The van der Waals surface area contributed by atoms with Crippen LogP contribution in [0.4, 0.5) is 0 Å². The Morgan fingerprint density at radius 1 is 1.83 bits per heavy atom. The van der Waals surface area contributed by atoms with E-state index in [0.717, 1.165) is 6.16 Å². The van der Waals surface area contributed by atoms with Crippen molar-refractivity contribution in [2.24, 2.45) is 0 Å². The minimum absolute atomic E-state index is 1.04. The molecule has 0 aliphatic carbocycles. The van der Waals surface area contributed by atoms with E-state index in [1.807, 2.05) is 6.92 Å². The van der Waals surface area contributed by atoms with Crippen molar-refractivity contribution >= 4 is 14.5 Å². The summed E-state index contributed by atoms with van der Waals surface area (Å²) >= 11 is 0. The largest absolute Gasteiger partial charge is 0.108 e. The fourth-order valence-electron chi connectivity index (χ4n) is 0.191. The lowest BCUT2D eigenvalue weighted by atomic mass is 10.4. The molecule has 0 nitrogen and oxygen atoms in total. The molecule has 1 heteroatoms. The van der Waals surface area contributed by atoms with Gasteiger partial charge in [-0.3, -0.25) is 0 Å².